The molecule has 0 fully saturated rings. The second kappa shape index (κ2) is 9.29. The number of rotatable bonds is 7. The molecule has 0 aliphatic rings. The molecule has 0 aliphatic heterocycles. The van der Waals surface area contributed by atoms with Crippen molar-refractivity contribution in [2.45, 2.75) is 20.5 Å². The molecule has 3 rings (SSSR count). The number of ether oxygens (including phenoxy) is 2. The van der Waals surface area contributed by atoms with Crippen molar-refractivity contribution in [1.29, 1.82) is 0 Å². The van der Waals surface area contributed by atoms with E-state index in [1.165, 1.54) is 11.1 Å². The molecule has 0 saturated carbocycles. The Morgan fingerprint density at radius 3 is 2.57 bits per heavy atom. The lowest BCUT2D eigenvalue weighted by Gasteiger charge is -2.14. The summed E-state index contributed by atoms with van der Waals surface area (Å²) in [5.41, 5.74) is 8.17. The molecular formula is C23H23ClN2O2. The van der Waals surface area contributed by atoms with Crippen LogP contribution >= 0.6 is 11.6 Å². The molecule has 5 heteroatoms. The zero-order valence-electron chi connectivity index (χ0n) is 16.2. The van der Waals surface area contributed by atoms with Crippen LogP contribution < -0.4 is 14.9 Å². The largest absolute Gasteiger partial charge is 0.493 e. The molecule has 0 saturated heterocycles. The molecule has 3 aromatic carbocycles. The number of halogens is 1. The van der Waals surface area contributed by atoms with E-state index >= 15 is 0 Å². The summed E-state index contributed by atoms with van der Waals surface area (Å²) in [7, 11) is 1.62. The Morgan fingerprint density at radius 1 is 1.00 bits per heavy atom. The molecule has 28 heavy (non-hydrogen) atoms. The van der Waals surface area contributed by atoms with Crippen molar-refractivity contribution in [3.63, 3.8) is 0 Å². The van der Waals surface area contributed by atoms with Gasteiger partial charge in [0, 0.05) is 16.1 Å². The smallest absolute Gasteiger partial charge is 0.170 e. The SMILES string of the molecule is COc1cccc(C=NNc2ccc(C)c(C)c2)c1OCc1ccccc1Cl. The summed E-state index contributed by atoms with van der Waals surface area (Å²) in [5, 5.41) is 5.03. The van der Waals surface area contributed by atoms with Crippen molar-refractivity contribution in [2.75, 3.05) is 12.5 Å². The highest BCUT2D eigenvalue weighted by molar-refractivity contribution is 6.31. The van der Waals surface area contributed by atoms with Gasteiger partial charge in [0.05, 0.1) is 19.0 Å². The predicted octanol–water partition coefficient (Wildman–Crippen LogP) is 5.99. The summed E-state index contributed by atoms with van der Waals surface area (Å²) in [5.74, 6) is 1.26. The third-order valence-electron chi connectivity index (χ3n) is 4.46. The number of para-hydroxylation sites is 1. The number of hydrazone groups is 1. The first-order valence-corrected chi connectivity index (χ1v) is 9.36. The van der Waals surface area contributed by atoms with Gasteiger partial charge < -0.3 is 9.47 Å². The Hall–Kier alpha value is -2.98. The number of benzene rings is 3. The molecule has 0 aliphatic carbocycles. The highest BCUT2D eigenvalue weighted by Crippen LogP contribution is 2.31. The van der Waals surface area contributed by atoms with Crippen molar-refractivity contribution in [2.24, 2.45) is 5.10 Å². The number of nitrogens with zero attached hydrogens (tertiary/aromatic N) is 1. The predicted molar refractivity (Wildman–Crippen MR) is 116 cm³/mol. The lowest BCUT2D eigenvalue weighted by molar-refractivity contribution is 0.284. The van der Waals surface area contributed by atoms with E-state index in [1.54, 1.807) is 13.3 Å². The Kier molecular flexibility index (Phi) is 6.56. The van der Waals surface area contributed by atoms with E-state index in [0.717, 1.165) is 16.8 Å². The number of methoxy groups -OCH3 is 1. The average Bonchev–Trinajstić information content (AvgIpc) is 2.70. The fraction of sp³-hybridized carbons (Fsp3) is 0.174. The number of hydrogen-bond acceptors (Lipinski definition) is 4. The molecule has 0 amide bonds. The highest BCUT2D eigenvalue weighted by atomic mass is 35.5. The molecule has 4 nitrogen and oxygen atoms in total. The van der Waals surface area contributed by atoms with Crippen LogP contribution in [0.15, 0.2) is 65.8 Å². The third kappa shape index (κ3) is 4.84. The number of nitrogens with one attached hydrogen (secondary N) is 1. The van der Waals surface area contributed by atoms with Gasteiger partial charge in [-0.15, -0.1) is 0 Å². The number of aryl methyl sites for hydroxylation is 2. The molecule has 0 atom stereocenters. The Morgan fingerprint density at radius 2 is 1.82 bits per heavy atom. The van der Waals surface area contributed by atoms with Crippen LogP contribution in [0.1, 0.15) is 22.3 Å². The van der Waals surface area contributed by atoms with E-state index < -0.39 is 0 Å². The number of hydrogen-bond donors (Lipinski definition) is 1. The second-order valence-electron chi connectivity index (χ2n) is 6.43. The molecule has 0 bridgehead atoms. The van der Waals surface area contributed by atoms with Crippen LogP contribution in [0.5, 0.6) is 11.5 Å². The molecule has 0 spiro atoms. The minimum atomic E-state index is 0.339. The van der Waals surface area contributed by atoms with Crippen LogP contribution in [0.4, 0.5) is 5.69 Å². The van der Waals surface area contributed by atoms with Gasteiger partial charge in [0.15, 0.2) is 11.5 Å². The van der Waals surface area contributed by atoms with Gasteiger partial charge in [-0.05, 0) is 55.3 Å². The maximum Gasteiger partial charge on any atom is 0.170 e. The zero-order valence-corrected chi connectivity index (χ0v) is 17.0. The Labute approximate surface area is 170 Å². The molecule has 144 valence electrons. The summed E-state index contributed by atoms with van der Waals surface area (Å²) < 4.78 is 11.5. The van der Waals surface area contributed by atoms with E-state index in [9.17, 15) is 0 Å². The molecule has 0 aromatic heterocycles. The van der Waals surface area contributed by atoms with Crippen LogP contribution in [-0.2, 0) is 6.61 Å². The maximum absolute atomic E-state index is 6.23. The van der Waals surface area contributed by atoms with Crippen molar-refractivity contribution < 1.29 is 9.47 Å². The first-order valence-electron chi connectivity index (χ1n) is 8.98. The fourth-order valence-corrected chi connectivity index (χ4v) is 2.89. The first kappa shape index (κ1) is 19.8. The number of anilines is 1. The summed E-state index contributed by atoms with van der Waals surface area (Å²) >= 11 is 6.23. The van der Waals surface area contributed by atoms with Gasteiger partial charge in [0.1, 0.15) is 6.61 Å². The second-order valence-corrected chi connectivity index (χ2v) is 6.83. The minimum absolute atomic E-state index is 0.339. The van der Waals surface area contributed by atoms with E-state index in [-0.39, 0.29) is 0 Å². The van der Waals surface area contributed by atoms with E-state index in [2.05, 4.69) is 36.5 Å². The molecular weight excluding hydrogens is 372 g/mol. The lowest BCUT2D eigenvalue weighted by atomic mass is 10.1. The fourth-order valence-electron chi connectivity index (χ4n) is 2.70. The van der Waals surface area contributed by atoms with Crippen LogP contribution in [0.3, 0.4) is 0 Å². The zero-order chi connectivity index (χ0) is 19.9. The standard InChI is InChI=1S/C23H23ClN2O2/c1-16-11-12-20(13-17(16)2)26-25-14-18-8-6-10-22(27-3)23(18)28-15-19-7-4-5-9-21(19)24/h4-14,26H,15H2,1-3H3. The first-order chi connectivity index (χ1) is 13.6. The van der Waals surface area contributed by atoms with Crippen LogP contribution in [0, 0.1) is 13.8 Å². The van der Waals surface area contributed by atoms with Gasteiger partial charge in [-0.2, -0.15) is 5.10 Å². The molecule has 0 heterocycles. The molecule has 1 N–H and O–H groups in total. The monoisotopic (exact) mass is 394 g/mol. The van der Waals surface area contributed by atoms with Crippen LogP contribution in [0.2, 0.25) is 5.02 Å². The van der Waals surface area contributed by atoms with Gasteiger partial charge in [0.25, 0.3) is 0 Å². The van der Waals surface area contributed by atoms with E-state index in [4.69, 9.17) is 21.1 Å². The van der Waals surface area contributed by atoms with Crippen molar-refractivity contribution in [3.8, 4) is 11.5 Å². The lowest BCUT2D eigenvalue weighted by Crippen LogP contribution is -2.02. The third-order valence-corrected chi connectivity index (χ3v) is 4.83. The van der Waals surface area contributed by atoms with Gasteiger partial charge in [-0.1, -0.05) is 41.9 Å². The quantitative estimate of drug-likeness (QED) is 0.395. The van der Waals surface area contributed by atoms with Crippen molar-refractivity contribution in [3.05, 3.63) is 87.9 Å². The average molecular weight is 395 g/mol. The molecule has 0 radical (unpaired) electrons. The van der Waals surface area contributed by atoms with Crippen LogP contribution in [-0.4, -0.2) is 13.3 Å². The summed E-state index contributed by atoms with van der Waals surface area (Å²) in [4.78, 5) is 0. The summed E-state index contributed by atoms with van der Waals surface area (Å²) in [6.45, 7) is 4.50. The van der Waals surface area contributed by atoms with Crippen LogP contribution in [0.25, 0.3) is 0 Å². The summed E-state index contributed by atoms with van der Waals surface area (Å²) in [6.07, 6.45) is 1.72. The van der Waals surface area contributed by atoms with Crippen molar-refractivity contribution in [1.82, 2.24) is 0 Å². The highest BCUT2D eigenvalue weighted by Gasteiger charge is 2.10. The van der Waals surface area contributed by atoms with E-state index in [0.29, 0.717) is 23.1 Å². The maximum atomic E-state index is 6.23. The van der Waals surface area contributed by atoms with Gasteiger partial charge >= 0.3 is 0 Å². The summed E-state index contributed by atoms with van der Waals surface area (Å²) in [6, 6.07) is 19.4. The minimum Gasteiger partial charge on any atom is -0.493 e. The van der Waals surface area contributed by atoms with E-state index in [1.807, 2.05) is 48.5 Å². The van der Waals surface area contributed by atoms with Crippen molar-refractivity contribution >= 4 is 23.5 Å². The van der Waals surface area contributed by atoms with Gasteiger partial charge in [-0.3, -0.25) is 5.43 Å². The topological polar surface area (TPSA) is 42.8 Å². The molecule has 3 aromatic rings. The molecule has 0 unspecified atom stereocenters. The normalized spacial score (nSPS) is 10.9. The Balaban J connectivity index is 1.78. The van der Waals surface area contributed by atoms with Gasteiger partial charge in [0.2, 0.25) is 0 Å². The Bertz CT molecular complexity index is 986. The van der Waals surface area contributed by atoms with Gasteiger partial charge in [-0.25, -0.2) is 0 Å².